The number of aromatic nitrogens is 2. The van der Waals surface area contributed by atoms with Crippen LogP contribution in [0.5, 0.6) is 0 Å². The predicted octanol–water partition coefficient (Wildman–Crippen LogP) is 5.08. The van der Waals surface area contributed by atoms with Crippen molar-refractivity contribution < 1.29 is 19.2 Å². The van der Waals surface area contributed by atoms with E-state index in [2.05, 4.69) is 36.4 Å². The Balaban J connectivity index is 0.808. The normalized spacial score (nSPS) is 18.8. The van der Waals surface area contributed by atoms with E-state index in [0.29, 0.717) is 73.3 Å². The molecule has 7 rings (SSSR count). The first-order valence-electron chi connectivity index (χ1n) is 20.0. The molecule has 3 aliphatic heterocycles. The molecule has 2 aromatic carbocycles. The number of amides is 3. The molecule has 4 aromatic rings. The van der Waals surface area contributed by atoms with E-state index in [-0.39, 0.29) is 41.2 Å². The first-order valence-corrected chi connectivity index (χ1v) is 20.0. The Morgan fingerprint density at radius 1 is 0.759 bits per heavy atom. The maximum atomic E-state index is 13.3. The molecule has 0 radical (unpaired) electrons. The number of ketones is 1. The van der Waals surface area contributed by atoms with Gasteiger partial charge >= 0.3 is 0 Å². The van der Waals surface area contributed by atoms with Gasteiger partial charge in [0.1, 0.15) is 11.4 Å². The number of nitrogens with one attached hydrogen (secondary N) is 2. The van der Waals surface area contributed by atoms with Gasteiger partial charge in [-0.1, -0.05) is 36.4 Å². The van der Waals surface area contributed by atoms with Crippen molar-refractivity contribution in [3.05, 3.63) is 136 Å². The van der Waals surface area contributed by atoms with Gasteiger partial charge in [-0.2, -0.15) is 5.26 Å². The van der Waals surface area contributed by atoms with Crippen molar-refractivity contribution in [1.29, 1.82) is 5.26 Å². The number of rotatable bonds is 11. The second kappa shape index (κ2) is 18.8. The number of hydrogen-bond donors (Lipinski definition) is 2. The molecule has 2 aromatic heterocycles. The summed E-state index contributed by atoms with van der Waals surface area (Å²) in [5.41, 5.74) is 5.02. The number of nitriles is 1. The zero-order chi connectivity index (χ0) is 40.4. The number of benzene rings is 2. The molecule has 2 atom stereocenters. The zero-order valence-corrected chi connectivity index (χ0v) is 32.5. The summed E-state index contributed by atoms with van der Waals surface area (Å²) in [6.45, 7) is 11.8. The van der Waals surface area contributed by atoms with Crippen LogP contribution in [-0.4, -0.2) is 106 Å². The van der Waals surface area contributed by atoms with Crippen LogP contribution < -0.4 is 10.6 Å². The van der Waals surface area contributed by atoms with E-state index in [1.165, 1.54) is 23.5 Å². The average Bonchev–Trinajstić information content (AvgIpc) is 3.28. The van der Waals surface area contributed by atoms with Crippen LogP contribution in [0.15, 0.2) is 85.2 Å². The topological polar surface area (TPSA) is 156 Å². The summed E-state index contributed by atoms with van der Waals surface area (Å²) in [4.78, 5) is 70.5. The van der Waals surface area contributed by atoms with Gasteiger partial charge in [0.2, 0.25) is 0 Å². The Morgan fingerprint density at radius 2 is 1.36 bits per heavy atom. The van der Waals surface area contributed by atoms with Crippen LogP contribution >= 0.6 is 0 Å². The highest BCUT2D eigenvalue weighted by atomic mass is 16.2. The maximum Gasteiger partial charge on any atom is 0.270 e. The molecule has 0 spiro atoms. The number of carbonyl (C=O) groups is 4. The molecule has 0 saturated carbocycles. The third kappa shape index (κ3) is 10.2. The molecule has 3 amide bonds. The van der Waals surface area contributed by atoms with Crippen molar-refractivity contribution in [2.75, 3.05) is 45.8 Å². The number of likely N-dealkylation sites (tertiary alicyclic amines) is 1. The van der Waals surface area contributed by atoms with Gasteiger partial charge in [0.25, 0.3) is 17.7 Å². The van der Waals surface area contributed by atoms with E-state index in [0.717, 1.165) is 51.7 Å². The lowest BCUT2D eigenvalue weighted by atomic mass is 9.90. The Kier molecular flexibility index (Phi) is 12.9. The number of Topliss-reactive ketones (excluding diaryl/α,β-unsaturated/α-hetero) is 1. The summed E-state index contributed by atoms with van der Waals surface area (Å²) in [6, 6.07) is 24.2. The second-order valence-corrected chi connectivity index (χ2v) is 15.4. The fourth-order valence-corrected chi connectivity index (χ4v) is 7.94. The van der Waals surface area contributed by atoms with E-state index in [4.69, 9.17) is 11.8 Å². The van der Waals surface area contributed by atoms with Gasteiger partial charge in [0.05, 0.1) is 29.3 Å². The number of nitrogens with zero attached hydrogens (tertiary/aromatic N) is 7. The summed E-state index contributed by atoms with van der Waals surface area (Å²) < 4.78 is 0. The maximum absolute atomic E-state index is 13.3. The van der Waals surface area contributed by atoms with E-state index < -0.39 is 0 Å². The van der Waals surface area contributed by atoms with E-state index in [1.807, 2.05) is 48.5 Å². The molecule has 296 valence electrons. The number of hydrogen-bond acceptors (Lipinski definition) is 9. The van der Waals surface area contributed by atoms with Gasteiger partial charge in [0.15, 0.2) is 11.5 Å². The fraction of sp³-hybridized carbons (Fsp3) is 0.378. The predicted molar refractivity (Wildman–Crippen MR) is 217 cm³/mol. The molecule has 13 heteroatoms. The minimum absolute atomic E-state index is 0.0202. The minimum Gasteiger partial charge on any atom is -0.347 e. The Labute approximate surface area is 338 Å². The number of pyridine rings is 2. The van der Waals surface area contributed by atoms with E-state index >= 15 is 0 Å². The zero-order valence-electron chi connectivity index (χ0n) is 32.5. The summed E-state index contributed by atoms with van der Waals surface area (Å²) in [7, 11) is 0. The molecule has 3 saturated heterocycles. The second-order valence-electron chi connectivity index (χ2n) is 15.4. The molecule has 3 fully saturated rings. The lowest BCUT2D eigenvalue weighted by molar-refractivity contribution is 0.0535. The van der Waals surface area contributed by atoms with Gasteiger partial charge in [-0.15, -0.1) is 0 Å². The Bertz CT molecular complexity index is 2000. The first-order chi connectivity index (χ1) is 28.2. The SMILES string of the molecule is [C-]#[N+]c1ccc(CC2CCC(NC(=O)c3ccc(C(=O)N4CCN(C(=O)c5ccc(C(=O)CC6CCN(Cc7ccc(C#N)cc7)CC6)nc5)CC4)cn3)CN2)cc1. The first kappa shape index (κ1) is 39.9. The molecule has 0 aliphatic carbocycles. The monoisotopic (exact) mass is 777 g/mol. The van der Waals surface area contributed by atoms with Crippen LogP contribution in [0.4, 0.5) is 5.69 Å². The van der Waals surface area contributed by atoms with Gasteiger partial charge in [0, 0.05) is 70.2 Å². The van der Waals surface area contributed by atoms with Crippen molar-refractivity contribution in [2.24, 2.45) is 5.92 Å². The standard InChI is InChI=1S/C45H47N9O4/c1-47-37-10-6-31(7-11-37)24-38-12-13-39(29-48-38)51-43(56)41-15-9-36(28-50-41)45(58)54-22-20-53(21-23-54)44(57)35-8-14-40(49-27-35)42(55)25-32-16-18-52(19-17-32)30-34-4-2-33(26-46)3-5-34/h2-11,14-15,27-28,32,38-39,48H,12-13,16-25,29-30H2,(H,51,56). The van der Waals surface area contributed by atoms with Crippen molar-refractivity contribution in [3.63, 3.8) is 0 Å². The fourth-order valence-electron chi connectivity index (χ4n) is 7.94. The number of carbonyl (C=O) groups excluding carboxylic acids is 4. The lowest BCUT2D eigenvalue weighted by Crippen LogP contribution is -2.50. The average molecular weight is 778 g/mol. The Hall–Kier alpha value is -6.28. The molecule has 5 heterocycles. The third-order valence-corrected chi connectivity index (χ3v) is 11.5. The highest BCUT2D eigenvalue weighted by Gasteiger charge is 2.28. The molecular formula is C45H47N9O4. The lowest BCUT2D eigenvalue weighted by Gasteiger charge is -2.34. The molecule has 2 N–H and O–H groups in total. The molecule has 2 unspecified atom stereocenters. The summed E-state index contributed by atoms with van der Waals surface area (Å²) in [5.74, 6) is -0.423. The number of piperidine rings is 2. The summed E-state index contributed by atoms with van der Waals surface area (Å²) >= 11 is 0. The molecule has 3 aliphatic rings. The van der Waals surface area contributed by atoms with Crippen LogP contribution in [-0.2, 0) is 13.0 Å². The third-order valence-electron chi connectivity index (χ3n) is 11.5. The van der Waals surface area contributed by atoms with E-state index in [1.54, 1.807) is 34.1 Å². The van der Waals surface area contributed by atoms with Crippen molar-refractivity contribution in [2.45, 2.75) is 57.2 Å². The molecule has 0 bridgehead atoms. The van der Waals surface area contributed by atoms with Gasteiger partial charge in [-0.3, -0.25) is 34.0 Å². The molecule has 58 heavy (non-hydrogen) atoms. The van der Waals surface area contributed by atoms with Crippen LogP contribution in [0, 0.1) is 23.8 Å². The molecular weight excluding hydrogens is 731 g/mol. The Morgan fingerprint density at radius 3 is 1.90 bits per heavy atom. The van der Waals surface area contributed by atoms with Crippen LogP contribution in [0.25, 0.3) is 4.85 Å². The summed E-state index contributed by atoms with van der Waals surface area (Å²) in [5, 5.41) is 15.6. The smallest absolute Gasteiger partial charge is 0.270 e. The van der Waals surface area contributed by atoms with E-state index in [9.17, 15) is 19.2 Å². The number of piperazine rings is 1. The minimum atomic E-state index is -0.285. The van der Waals surface area contributed by atoms with Crippen LogP contribution in [0.2, 0.25) is 0 Å². The van der Waals surface area contributed by atoms with Gasteiger partial charge < -0.3 is 20.4 Å². The van der Waals surface area contributed by atoms with Crippen molar-refractivity contribution >= 4 is 29.2 Å². The van der Waals surface area contributed by atoms with Crippen molar-refractivity contribution in [1.82, 2.24) is 35.3 Å². The molecule has 13 nitrogen and oxygen atoms in total. The summed E-state index contributed by atoms with van der Waals surface area (Å²) in [6.07, 6.45) is 7.79. The highest BCUT2D eigenvalue weighted by molar-refractivity contribution is 5.98. The van der Waals surface area contributed by atoms with Crippen molar-refractivity contribution in [3.8, 4) is 6.07 Å². The highest BCUT2D eigenvalue weighted by Crippen LogP contribution is 2.24. The van der Waals surface area contributed by atoms with Crippen LogP contribution in [0.3, 0.4) is 0 Å². The largest absolute Gasteiger partial charge is 0.347 e. The quantitative estimate of drug-likeness (QED) is 0.157. The van der Waals surface area contributed by atoms with Gasteiger partial charge in [-0.25, -0.2) is 4.85 Å². The van der Waals surface area contributed by atoms with Gasteiger partial charge in [-0.05, 0) is 98.6 Å². The van der Waals surface area contributed by atoms with Crippen LogP contribution in [0.1, 0.15) is 90.5 Å².